The molecule has 5 aromatic rings. The van der Waals surface area contributed by atoms with Crippen molar-refractivity contribution in [2.24, 2.45) is 11.8 Å². The van der Waals surface area contributed by atoms with Crippen molar-refractivity contribution >= 4 is 94.9 Å². The lowest BCUT2D eigenvalue weighted by Crippen LogP contribution is -2.37. The number of nitrogens with one attached hydrogen (secondary N) is 1. The Morgan fingerprint density at radius 3 is 2.04 bits per heavy atom. The van der Waals surface area contributed by atoms with Crippen LogP contribution in [0.1, 0.15) is 54.1 Å². The molecular formula is C34H34ClN7O3S3. The number of thioether (sulfide) groups is 1. The number of aromatic nitrogens is 4. The molecule has 0 aliphatic carbocycles. The first-order valence-corrected chi connectivity index (χ1v) is 18.7. The molecule has 14 heteroatoms. The first-order valence-electron chi connectivity index (χ1n) is 15.9. The fourth-order valence-electron chi connectivity index (χ4n) is 6.34. The van der Waals surface area contributed by atoms with Crippen LogP contribution in [-0.2, 0) is 46.7 Å². The maximum absolute atomic E-state index is 12.4. The SMILES string of the molecule is CC(C)C(=O)N1CCc2c(sc3ncnc(Cl)c23)C1.CC(C)C(=O)N1CCc2c(sc3ncnc(Nc4ccc5c(c4)SC(=O)C5)c23)C1. The van der Waals surface area contributed by atoms with Crippen molar-refractivity contribution in [3.05, 3.63) is 62.5 Å². The maximum Gasteiger partial charge on any atom is 0.225 e. The number of benzene rings is 1. The van der Waals surface area contributed by atoms with Crippen LogP contribution in [0.5, 0.6) is 0 Å². The zero-order valence-electron chi connectivity index (χ0n) is 27.0. The van der Waals surface area contributed by atoms with Gasteiger partial charge in [0.1, 0.15) is 33.3 Å². The van der Waals surface area contributed by atoms with Gasteiger partial charge in [-0.15, -0.1) is 22.7 Å². The molecule has 3 aliphatic rings. The smallest absolute Gasteiger partial charge is 0.225 e. The van der Waals surface area contributed by atoms with Crippen molar-refractivity contribution in [3.8, 4) is 0 Å². The van der Waals surface area contributed by atoms with Gasteiger partial charge < -0.3 is 15.1 Å². The highest BCUT2D eigenvalue weighted by Crippen LogP contribution is 2.40. The molecule has 1 N–H and O–H groups in total. The number of thiophene rings is 2. The average molecular weight is 720 g/mol. The van der Waals surface area contributed by atoms with Gasteiger partial charge in [0.15, 0.2) is 5.12 Å². The van der Waals surface area contributed by atoms with Gasteiger partial charge in [-0.1, -0.05) is 57.1 Å². The first kappa shape index (κ1) is 32.9. The van der Waals surface area contributed by atoms with Crippen LogP contribution < -0.4 is 5.32 Å². The third-order valence-corrected chi connectivity index (χ3v) is 12.2. The fourth-order valence-corrected chi connectivity index (χ4v) is 9.98. The number of carbonyl (C=O) groups is 3. The third-order valence-electron chi connectivity index (χ3n) is 8.73. The molecule has 0 unspecified atom stereocenters. The Balaban J connectivity index is 0.000000166. The number of hydrogen-bond donors (Lipinski definition) is 1. The van der Waals surface area contributed by atoms with Crippen LogP contribution in [0.15, 0.2) is 35.7 Å². The van der Waals surface area contributed by atoms with E-state index in [1.54, 1.807) is 29.0 Å². The van der Waals surface area contributed by atoms with E-state index < -0.39 is 0 Å². The van der Waals surface area contributed by atoms with Gasteiger partial charge in [-0.25, -0.2) is 19.9 Å². The number of anilines is 2. The highest BCUT2D eigenvalue weighted by molar-refractivity contribution is 8.14. The molecule has 0 bridgehead atoms. The second-order valence-corrected chi connectivity index (χ2v) is 16.3. The lowest BCUT2D eigenvalue weighted by atomic mass is 10.0. The van der Waals surface area contributed by atoms with E-state index in [-0.39, 0.29) is 28.8 Å². The average Bonchev–Trinajstić information content (AvgIpc) is 3.75. The Hall–Kier alpha value is -3.65. The Morgan fingerprint density at radius 2 is 1.42 bits per heavy atom. The Bertz CT molecular complexity index is 2090. The highest BCUT2D eigenvalue weighted by Gasteiger charge is 2.29. The van der Waals surface area contributed by atoms with Gasteiger partial charge in [0.2, 0.25) is 11.8 Å². The molecule has 0 radical (unpaired) electrons. The second-order valence-electron chi connectivity index (χ2n) is 12.7. The van der Waals surface area contributed by atoms with Gasteiger partial charge in [0, 0.05) is 51.7 Å². The molecule has 0 saturated carbocycles. The molecule has 0 atom stereocenters. The summed E-state index contributed by atoms with van der Waals surface area (Å²) in [7, 11) is 0. The molecule has 1 aromatic carbocycles. The predicted octanol–water partition coefficient (Wildman–Crippen LogP) is 7.04. The van der Waals surface area contributed by atoms with Gasteiger partial charge in [0.05, 0.1) is 23.9 Å². The van der Waals surface area contributed by atoms with Crippen LogP contribution in [0.3, 0.4) is 0 Å². The molecule has 7 heterocycles. The predicted molar refractivity (Wildman–Crippen MR) is 192 cm³/mol. The van der Waals surface area contributed by atoms with Gasteiger partial charge in [-0.3, -0.25) is 14.4 Å². The standard InChI is InChI=1S/C21H20N4O2S2.C13H14ClN3OS/c1-11(2)21(27)25-6-5-14-16(9-25)29-20-18(14)19(22-10-23-20)24-13-4-3-12-7-17(26)28-15(12)8-13;1-7(2)13(18)17-4-3-8-9(5-17)19-12-10(8)11(14)15-6-16-12/h3-4,8,10-11H,5-7,9H2,1-2H3,(H,22,23,24);6-7H,3-5H2,1-2H3. The van der Waals surface area contributed by atoms with Gasteiger partial charge >= 0.3 is 0 Å². The van der Waals surface area contributed by atoms with E-state index >= 15 is 0 Å². The Labute approximate surface area is 295 Å². The Morgan fingerprint density at radius 1 is 0.833 bits per heavy atom. The van der Waals surface area contributed by atoms with Crippen LogP contribution in [0, 0.1) is 11.8 Å². The van der Waals surface area contributed by atoms with Crippen molar-refractivity contribution < 1.29 is 14.4 Å². The summed E-state index contributed by atoms with van der Waals surface area (Å²) in [6.45, 7) is 10.5. The molecule has 4 aromatic heterocycles. The summed E-state index contributed by atoms with van der Waals surface area (Å²) in [6.07, 6.45) is 5.21. The summed E-state index contributed by atoms with van der Waals surface area (Å²) in [5, 5.41) is 6.16. The Kier molecular flexibility index (Phi) is 9.14. The van der Waals surface area contributed by atoms with E-state index in [2.05, 4.69) is 25.3 Å². The van der Waals surface area contributed by atoms with E-state index in [1.165, 1.54) is 39.0 Å². The number of fused-ring (bicyclic) bond motifs is 7. The third kappa shape index (κ3) is 6.28. The van der Waals surface area contributed by atoms with Crippen LogP contribution in [-0.4, -0.2) is 59.8 Å². The van der Waals surface area contributed by atoms with Crippen molar-refractivity contribution in [2.45, 2.75) is 64.9 Å². The number of rotatable bonds is 4. The monoisotopic (exact) mass is 719 g/mol. The minimum Gasteiger partial charge on any atom is -0.340 e. The summed E-state index contributed by atoms with van der Waals surface area (Å²) in [6, 6.07) is 6.01. The normalized spacial score (nSPS) is 15.4. The molecule has 0 spiro atoms. The second kappa shape index (κ2) is 13.3. The highest BCUT2D eigenvalue weighted by atomic mass is 35.5. The van der Waals surface area contributed by atoms with Gasteiger partial charge in [0.25, 0.3) is 0 Å². The zero-order chi connectivity index (χ0) is 33.7. The topological polar surface area (TPSA) is 121 Å². The van der Waals surface area contributed by atoms with Crippen molar-refractivity contribution in [1.82, 2.24) is 29.7 Å². The number of nitrogens with zero attached hydrogens (tertiary/aromatic N) is 6. The number of carbonyl (C=O) groups excluding carboxylic acids is 3. The molecule has 48 heavy (non-hydrogen) atoms. The molecule has 0 fully saturated rings. The number of hydrogen-bond acceptors (Lipinski definition) is 11. The molecule has 10 nitrogen and oxygen atoms in total. The molecule has 8 rings (SSSR count). The number of halogens is 1. The summed E-state index contributed by atoms with van der Waals surface area (Å²) < 4.78 is 0. The molecule has 248 valence electrons. The minimum absolute atomic E-state index is 0.00695. The zero-order valence-corrected chi connectivity index (χ0v) is 30.2. The van der Waals surface area contributed by atoms with E-state index in [0.717, 1.165) is 68.3 Å². The van der Waals surface area contributed by atoms with E-state index in [1.807, 2.05) is 55.7 Å². The van der Waals surface area contributed by atoms with Crippen molar-refractivity contribution in [3.63, 3.8) is 0 Å². The summed E-state index contributed by atoms with van der Waals surface area (Å²) in [5.74, 6) is 1.24. The largest absolute Gasteiger partial charge is 0.340 e. The van der Waals surface area contributed by atoms with E-state index in [0.29, 0.717) is 24.7 Å². The lowest BCUT2D eigenvalue weighted by molar-refractivity contribution is -0.136. The van der Waals surface area contributed by atoms with Crippen molar-refractivity contribution in [1.29, 1.82) is 0 Å². The summed E-state index contributed by atoms with van der Waals surface area (Å²) >= 11 is 10.7. The van der Waals surface area contributed by atoms with E-state index in [4.69, 9.17) is 11.6 Å². The first-order chi connectivity index (χ1) is 23.1. The van der Waals surface area contributed by atoms with Crippen molar-refractivity contribution in [2.75, 3.05) is 18.4 Å². The van der Waals surface area contributed by atoms with Crippen LogP contribution in [0.25, 0.3) is 20.4 Å². The van der Waals surface area contributed by atoms with Crippen LogP contribution >= 0.6 is 46.0 Å². The summed E-state index contributed by atoms with van der Waals surface area (Å²) in [4.78, 5) is 62.6. The quantitative estimate of drug-likeness (QED) is 0.195. The molecule has 3 aliphatic heterocycles. The van der Waals surface area contributed by atoms with Crippen LogP contribution in [0.4, 0.5) is 11.5 Å². The molecular weight excluding hydrogens is 686 g/mol. The molecule has 0 saturated heterocycles. The summed E-state index contributed by atoms with van der Waals surface area (Å²) in [5.41, 5.74) is 4.46. The van der Waals surface area contributed by atoms with Gasteiger partial charge in [-0.2, -0.15) is 0 Å². The van der Waals surface area contributed by atoms with Crippen LogP contribution in [0.2, 0.25) is 5.15 Å². The van der Waals surface area contributed by atoms with Gasteiger partial charge in [-0.05, 0) is 41.7 Å². The lowest BCUT2D eigenvalue weighted by Gasteiger charge is -2.28. The fraction of sp³-hybridized carbons (Fsp3) is 0.382. The maximum atomic E-state index is 12.4. The minimum atomic E-state index is 0.00695. The molecule has 2 amide bonds. The number of amides is 2. The van der Waals surface area contributed by atoms with E-state index in [9.17, 15) is 14.4 Å².